The van der Waals surface area contributed by atoms with Crippen molar-refractivity contribution < 1.29 is 9.13 Å². The van der Waals surface area contributed by atoms with Gasteiger partial charge in [-0.2, -0.15) is 0 Å². The van der Waals surface area contributed by atoms with Crippen LogP contribution in [0.5, 0.6) is 5.75 Å². The molecule has 0 radical (unpaired) electrons. The number of nitrogens with zero attached hydrogens (tertiary/aromatic N) is 3. The van der Waals surface area contributed by atoms with Crippen molar-refractivity contribution in [3.8, 4) is 5.75 Å². The van der Waals surface area contributed by atoms with E-state index in [1.165, 1.54) is 12.1 Å². The molecule has 1 aromatic heterocycles. The van der Waals surface area contributed by atoms with Crippen LogP contribution in [-0.4, -0.2) is 47.2 Å². The Morgan fingerprint density at radius 2 is 2.18 bits per heavy atom. The van der Waals surface area contributed by atoms with Crippen LogP contribution >= 0.6 is 0 Å². The van der Waals surface area contributed by atoms with E-state index in [1.54, 1.807) is 12.1 Å². The largest absolute Gasteiger partial charge is 0.492 e. The number of nitrogens with one attached hydrogen (secondary N) is 1. The highest BCUT2D eigenvalue weighted by Gasteiger charge is 2.26. The second kappa shape index (κ2) is 6.89. The van der Waals surface area contributed by atoms with Crippen LogP contribution in [0.15, 0.2) is 36.7 Å². The van der Waals surface area contributed by atoms with E-state index in [-0.39, 0.29) is 11.9 Å². The summed E-state index contributed by atoms with van der Waals surface area (Å²) in [6.07, 6.45) is 3.80. The Morgan fingerprint density at radius 3 is 2.91 bits per heavy atom. The molecular formula is C16H21FN4O. The molecule has 6 heteroatoms. The minimum absolute atomic E-state index is 0.246. The summed E-state index contributed by atoms with van der Waals surface area (Å²) in [6, 6.07) is 6.39. The molecule has 0 bridgehead atoms. The number of halogens is 1. The minimum Gasteiger partial charge on any atom is -0.492 e. The first-order valence-electron chi connectivity index (χ1n) is 7.54. The van der Waals surface area contributed by atoms with Gasteiger partial charge in [0.25, 0.3) is 0 Å². The Labute approximate surface area is 129 Å². The number of imidazole rings is 1. The zero-order valence-electron chi connectivity index (χ0n) is 12.7. The molecule has 1 aromatic carbocycles. The summed E-state index contributed by atoms with van der Waals surface area (Å²) in [5.74, 6) is 1.52. The molecule has 1 N–H and O–H groups in total. The molecule has 0 saturated carbocycles. The van der Waals surface area contributed by atoms with E-state index in [1.807, 2.05) is 19.4 Å². The maximum atomic E-state index is 12.9. The second-order valence-corrected chi connectivity index (χ2v) is 5.45. The Balaban J connectivity index is 1.58. The van der Waals surface area contributed by atoms with Gasteiger partial charge in [-0.05, 0) is 24.3 Å². The number of hydrogen-bond acceptors (Lipinski definition) is 4. The van der Waals surface area contributed by atoms with E-state index in [0.717, 1.165) is 32.0 Å². The van der Waals surface area contributed by atoms with E-state index in [9.17, 15) is 4.39 Å². The third-order valence-electron chi connectivity index (χ3n) is 3.97. The Bertz CT molecular complexity index is 598. The van der Waals surface area contributed by atoms with E-state index >= 15 is 0 Å². The van der Waals surface area contributed by atoms with Gasteiger partial charge in [-0.1, -0.05) is 0 Å². The van der Waals surface area contributed by atoms with Gasteiger partial charge in [-0.15, -0.1) is 0 Å². The molecule has 1 aliphatic rings. The Morgan fingerprint density at radius 1 is 1.36 bits per heavy atom. The highest BCUT2D eigenvalue weighted by Crippen LogP contribution is 2.20. The van der Waals surface area contributed by atoms with E-state index < -0.39 is 0 Å². The second-order valence-electron chi connectivity index (χ2n) is 5.45. The standard InChI is InChI=1S/C16H21FN4O/c1-20-8-7-19-16(20)15-12-18-6-9-21(15)10-11-22-14-4-2-13(17)3-5-14/h2-5,7-8,15,18H,6,9-12H2,1H3. The molecule has 118 valence electrons. The molecule has 0 spiro atoms. The van der Waals surface area contributed by atoms with Crippen molar-refractivity contribution in [2.75, 3.05) is 32.8 Å². The highest BCUT2D eigenvalue weighted by atomic mass is 19.1. The summed E-state index contributed by atoms with van der Waals surface area (Å²) >= 11 is 0. The summed E-state index contributed by atoms with van der Waals surface area (Å²) in [4.78, 5) is 6.84. The maximum absolute atomic E-state index is 12.9. The monoisotopic (exact) mass is 304 g/mol. The number of benzene rings is 1. The van der Waals surface area contributed by atoms with Crippen LogP contribution in [0, 0.1) is 5.82 Å². The summed E-state index contributed by atoms with van der Waals surface area (Å²) in [5, 5.41) is 3.42. The summed E-state index contributed by atoms with van der Waals surface area (Å²) < 4.78 is 20.6. The van der Waals surface area contributed by atoms with Gasteiger partial charge in [0.05, 0.1) is 6.04 Å². The molecule has 1 unspecified atom stereocenters. The van der Waals surface area contributed by atoms with Gasteiger partial charge in [0.1, 0.15) is 24.0 Å². The van der Waals surface area contributed by atoms with Crippen molar-refractivity contribution >= 4 is 0 Å². The van der Waals surface area contributed by atoms with Crippen LogP contribution < -0.4 is 10.1 Å². The molecular weight excluding hydrogens is 283 g/mol. The van der Waals surface area contributed by atoms with Gasteiger partial charge in [-0.3, -0.25) is 4.90 Å². The molecule has 0 aliphatic carbocycles. The fourth-order valence-electron chi connectivity index (χ4n) is 2.78. The molecule has 1 fully saturated rings. The predicted octanol–water partition coefficient (Wildman–Crippen LogP) is 1.58. The molecule has 1 atom stereocenters. The van der Waals surface area contributed by atoms with Crippen molar-refractivity contribution in [2.45, 2.75) is 6.04 Å². The molecule has 0 amide bonds. The van der Waals surface area contributed by atoms with Crippen LogP contribution in [0.4, 0.5) is 4.39 Å². The van der Waals surface area contributed by atoms with Gasteiger partial charge >= 0.3 is 0 Å². The molecule has 3 rings (SSSR count). The van der Waals surface area contributed by atoms with E-state index in [2.05, 4.69) is 19.8 Å². The first-order valence-corrected chi connectivity index (χ1v) is 7.54. The molecule has 5 nitrogen and oxygen atoms in total. The van der Waals surface area contributed by atoms with Crippen molar-refractivity contribution in [1.29, 1.82) is 0 Å². The van der Waals surface area contributed by atoms with Gasteiger partial charge < -0.3 is 14.6 Å². The minimum atomic E-state index is -0.246. The van der Waals surface area contributed by atoms with Gasteiger partial charge in [-0.25, -0.2) is 9.37 Å². The van der Waals surface area contributed by atoms with Gasteiger partial charge in [0, 0.05) is 45.6 Å². The quantitative estimate of drug-likeness (QED) is 0.911. The fourth-order valence-corrected chi connectivity index (χ4v) is 2.78. The van der Waals surface area contributed by atoms with Crippen LogP contribution in [0.2, 0.25) is 0 Å². The maximum Gasteiger partial charge on any atom is 0.127 e. The average molecular weight is 304 g/mol. The van der Waals surface area contributed by atoms with E-state index in [4.69, 9.17) is 4.74 Å². The first-order chi connectivity index (χ1) is 10.7. The van der Waals surface area contributed by atoms with Crippen molar-refractivity contribution in [2.24, 2.45) is 7.05 Å². The SMILES string of the molecule is Cn1ccnc1C1CNCCN1CCOc1ccc(F)cc1. The average Bonchev–Trinajstić information content (AvgIpc) is 2.96. The van der Waals surface area contributed by atoms with Crippen LogP contribution in [0.3, 0.4) is 0 Å². The molecule has 1 aliphatic heterocycles. The number of aryl methyl sites for hydroxylation is 1. The lowest BCUT2D eigenvalue weighted by molar-refractivity contribution is 0.127. The van der Waals surface area contributed by atoms with Gasteiger partial charge in [0.2, 0.25) is 0 Å². The van der Waals surface area contributed by atoms with Crippen molar-refractivity contribution in [1.82, 2.24) is 19.8 Å². The third-order valence-corrected chi connectivity index (χ3v) is 3.97. The summed E-state index contributed by atoms with van der Waals surface area (Å²) in [6.45, 7) is 4.21. The summed E-state index contributed by atoms with van der Waals surface area (Å²) in [7, 11) is 2.02. The first kappa shape index (κ1) is 15.0. The Kier molecular flexibility index (Phi) is 4.70. The number of ether oxygens (including phenoxy) is 1. The molecule has 2 heterocycles. The molecule has 22 heavy (non-hydrogen) atoms. The highest BCUT2D eigenvalue weighted by molar-refractivity contribution is 5.22. The number of piperazine rings is 1. The van der Waals surface area contributed by atoms with Crippen LogP contribution in [-0.2, 0) is 7.05 Å². The number of aromatic nitrogens is 2. The number of rotatable bonds is 5. The molecule has 1 saturated heterocycles. The lowest BCUT2D eigenvalue weighted by Gasteiger charge is -2.35. The van der Waals surface area contributed by atoms with Crippen LogP contribution in [0.25, 0.3) is 0 Å². The van der Waals surface area contributed by atoms with Gasteiger partial charge in [0.15, 0.2) is 0 Å². The van der Waals surface area contributed by atoms with E-state index in [0.29, 0.717) is 12.4 Å². The normalized spacial score (nSPS) is 19.3. The predicted molar refractivity (Wildman–Crippen MR) is 82.3 cm³/mol. The zero-order chi connectivity index (χ0) is 15.4. The summed E-state index contributed by atoms with van der Waals surface area (Å²) in [5.41, 5.74) is 0. The topological polar surface area (TPSA) is 42.3 Å². The number of hydrogen-bond donors (Lipinski definition) is 1. The smallest absolute Gasteiger partial charge is 0.127 e. The lowest BCUT2D eigenvalue weighted by atomic mass is 10.2. The van der Waals surface area contributed by atoms with Crippen molar-refractivity contribution in [3.63, 3.8) is 0 Å². The molecule has 2 aromatic rings. The fraction of sp³-hybridized carbons (Fsp3) is 0.438. The zero-order valence-corrected chi connectivity index (χ0v) is 12.7. The van der Waals surface area contributed by atoms with Crippen molar-refractivity contribution in [3.05, 3.63) is 48.3 Å². The third kappa shape index (κ3) is 3.45. The Hall–Kier alpha value is -1.92. The lowest BCUT2D eigenvalue weighted by Crippen LogP contribution is -2.48. The van der Waals surface area contributed by atoms with Crippen LogP contribution in [0.1, 0.15) is 11.9 Å².